The van der Waals surface area contributed by atoms with E-state index in [1.165, 1.54) is 12.4 Å². The maximum atomic E-state index is 14.5. The van der Waals surface area contributed by atoms with Gasteiger partial charge in [-0.1, -0.05) is 29.8 Å². The zero-order valence-electron chi connectivity index (χ0n) is 18.6. The van der Waals surface area contributed by atoms with Crippen LogP contribution in [-0.4, -0.2) is 65.7 Å². The zero-order chi connectivity index (χ0) is 25.4. The summed E-state index contributed by atoms with van der Waals surface area (Å²) in [5.41, 5.74) is 2.18. The number of halogens is 2. The van der Waals surface area contributed by atoms with Crippen LogP contribution in [0.15, 0.2) is 36.7 Å². The van der Waals surface area contributed by atoms with E-state index in [2.05, 4.69) is 15.3 Å². The predicted octanol–water partition coefficient (Wildman–Crippen LogP) is 2.87. The van der Waals surface area contributed by atoms with Gasteiger partial charge in [-0.2, -0.15) is 13.7 Å². The van der Waals surface area contributed by atoms with Crippen LogP contribution in [0, 0.1) is 24.2 Å². The molecule has 184 valence electrons. The molecule has 34 heavy (non-hydrogen) atoms. The van der Waals surface area contributed by atoms with Crippen LogP contribution in [0.5, 0.6) is 0 Å². The molecule has 1 aliphatic rings. The summed E-state index contributed by atoms with van der Waals surface area (Å²) in [7, 11) is -3.67. The smallest absolute Gasteiger partial charge is 0.410 e. The van der Waals surface area contributed by atoms with Crippen LogP contribution in [0.4, 0.5) is 19.5 Å². The summed E-state index contributed by atoms with van der Waals surface area (Å²) in [6.45, 7) is 1.45. The monoisotopic (exact) mass is 497 g/mol. The van der Waals surface area contributed by atoms with Crippen molar-refractivity contribution < 1.29 is 31.3 Å². The van der Waals surface area contributed by atoms with Gasteiger partial charge in [-0.25, -0.2) is 23.5 Å². The summed E-state index contributed by atoms with van der Waals surface area (Å²) >= 11 is 0. The minimum atomic E-state index is -3.67. The first-order chi connectivity index (χ1) is 15.9. The first-order valence-corrected chi connectivity index (χ1v) is 12.0. The van der Waals surface area contributed by atoms with Crippen molar-refractivity contribution in [3.05, 3.63) is 53.3 Å². The Bertz CT molecular complexity index is 1100. The summed E-state index contributed by atoms with van der Waals surface area (Å²) in [4.78, 5) is 21.0. The third-order valence-electron chi connectivity index (χ3n) is 4.78. The van der Waals surface area contributed by atoms with Gasteiger partial charge in [0.05, 0.1) is 30.8 Å². The average molecular weight is 498 g/mol. The van der Waals surface area contributed by atoms with Crippen molar-refractivity contribution >= 4 is 22.2 Å². The average Bonchev–Trinajstić information content (AvgIpc) is 2.76. The number of carbonyl (C=O) groups excluding carboxylic acids is 1. The van der Waals surface area contributed by atoms with E-state index >= 15 is 0 Å². The molecule has 3 rings (SSSR count). The van der Waals surface area contributed by atoms with Crippen LogP contribution in [0.1, 0.15) is 23.1 Å². The van der Waals surface area contributed by atoms with Crippen molar-refractivity contribution in [3.8, 4) is 6.07 Å². The molecule has 1 aromatic carbocycles. The number of alkyl halides is 2. The highest BCUT2D eigenvalue weighted by molar-refractivity contribution is 7.85. The number of rotatable bonds is 5. The minimum Gasteiger partial charge on any atom is -0.445 e. The topological polar surface area (TPSA) is 146 Å². The molecular formula is C21H25F2N5O5S. The van der Waals surface area contributed by atoms with Crippen LogP contribution in [0.3, 0.4) is 0 Å². The van der Waals surface area contributed by atoms with Crippen molar-refractivity contribution in [1.29, 1.82) is 5.26 Å². The predicted molar refractivity (Wildman–Crippen MR) is 119 cm³/mol. The third kappa shape index (κ3) is 9.24. The van der Waals surface area contributed by atoms with E-state index in [-0.39, 0.29) is 32.1 Å². The molecule has 1 aromatic heterocycles. The van der Waals surface area contributed by atoms with Gasteiger partial charge in [0.25, 0.3) is 16.0 Å². The fourth-order valence-electron chi connectivity index (χ4n) is 3.00. The number of nitrogens with one attached hydrogen (secondary N) is 1. The molecule has 0 aliphatic carbocycles. The molecule has 1 fully saturated rings. The van der Waals surface area contributed by atoms with Gasteiger partial charge in [0.2, 0.25) is 5.95 Å². The van der Waals surface area contributed by atoms with E-state index in [1.807, 2.05) is 37.3 Å². The van der Waals surface area contributed by atoms with Gasteiger partial charge in [-0.05, 0) is 18.9 Å². The van der Waals surface area contributed by atoms with Crippen LogP contribution in [-0.2, 0) is 21.5 Å². The molecule has 0 radical (unpaired) electrons. The normalized spacial score (nSPS) is 17.1. The summed E-state index contributed by atoms with van der Waals surface area (Å²) in [5.74, 6) is -3.86. The van der Waals surface area contributed by atoms with Crippen molar-refractivity contribution in [3.63, 3.8) is 0 Å². The number of nitrogens with zero attached hydrogens (tertiary/aromatic N) is 4. The first-order valence-electron chi connectivity index (χ1n) is 10.1. The van der Waals surface area contributed by atoms with Gasteiger partial charge in [-0.15, -0.1) is 0 Å². The Hall–Kier alpha value is -3.37. The molecule has 1 atom stereocenters. The number of amides is 1. The number of ether oxygens (including phenoxy) is 1. The Morgan fingerprint density at radius 1 is 1.32 bits per heavy atom. The SMILES string of the molecule is CS(=O)(=O)O.Cc1ccc(COC(=O)N2CCC(CNc3ncc(C#N)cn3)C(F)(F)C2)cc1. The van der Waals surface area contributed by atoms with Crippen LogP contribution in [0.25, 0.3) is 0 Å². The lowest BCUT2D eigenvalue weighted by atomic mass is 9.93. The molecule has 0 spiro atoms. The Morgan fingerprint density at radius 2 is 1.91 bits per heavy atom. The van der Waals surface area contributed by atoms with Gasteiger partial charge in [0.15, 0.2) is 0 Å². The maximum Gasteiger partial charge on any atom is 0.410 e. The standard InChI is InChI=1S/C20H21F2N5O2.CH4O3S/c1-14-2-4-15(5-3-14)12-29-19(28)27-7-6-17(20(21,22)13-27)11-26-18-24-9-16(8-23)10-25-18;1-5(2,3)4/h2-5,9-10,17H,6-7,11-13H2,1H3,(H,24,25,26);1H3,(H,2,3,4). The van der Waals surface area contributed by atoms with E-state index in [1.54, 1.807) is 0 Å². The molecule has 2 heterocycles. The van der Waals surface area contributed by atoms with Gasteiger partial charge in [-0.3, -0.25) is 4.55 Å². The fourth-order valence-corrected chi connectivity index (χ4v) is 3.00. The van der Waals surface area contributed by atoms with Crippen molar-refractivity contribution in [2.75, 3.05) is 31.2 Å². The van der Waals surface area contributed by atoms with Crippen molar-refractivity contribution in [1.82, 2.24) is 14.9 Å². The Balaban J connectivity index is 0.000000739. The number of hydrogen-bond acceptors (Lipinski definition) is 8. The largest absolute Gasteiger partial charge is 0.445 e. The van der Waals surface area contributed by atoms with Gasteiger partial charge in [0, 0.05) is 19.0 Å². The lowest BCUT2D eigenvalue weighted by Crippen LogP contribution is -2.52. The quantitative estimate of drug-likeness (QED) is 0.595. The van der Waals surface area contributed by atoms with E-state index in [0.717, 1.165) is 16.0 Å². The summed E-state index contributed by atoms with van der Waals surface area (Å²) in [6, 6.07) is 9.35. The number of anilines is 1. The highest BCUT2D eigenvalue weighted by atomic mass is 32.2. The first kappa shape index (κ1) is 26.9. The highest BCUT2D eigenvalue weighted by Crippen LogP contribution is 2.33. The number of benzene rings is 1. The molecule has 2 N–H and O–H groups in total. The van der Waals surface area contributed by atoms with Gasteiger partial charge in [0.1, 0.15) is 12.7 Å². The molecule has 0 saturated carbocycles. The van der Waals surface area contributed by atoms with E-state index < -0.39 is 34.6 Å². The van der Waals surface area contributed by atoms with E-state index in [4.69, 9.17) is 14.6 Å². The zero-order valence-corrected chi connectivity index (χ0v) is 19.4. The highest BCUT2D eigenvalue weighted by Gasteiger charge is 2.46. The third-order valence-corrected chi connectivity index (χ3v) is 4.78. The van der Waals surface area contributed by atoms with Crippen molar-refractivity contribution in [2.24, 2.45) is 5.92 Å². The summed E-state index contributed by atoms with van der Waals surface area (Å²) in [6.07, 6.45) is 2.73. The number of carbonyl (C=O) groups is 1. The van der Waals surface area contributed by atoms with E-state index in [9.17, 15) is 22.0 Å². The van der Waals surface area contributed by atoms with Crippen molar-refractivity contribution in [2.45, 2.75) is 25.9 Å². The Kier molecular flexibility index (Phi) is 9.22. The van der Waals surface area contributed by atoms with Crippen LogP contribution in [0.2, 0.25) is 0 Å². The molecule has 10 nitrogen and oxygen atoms in total. The molecule has 2 aromatic rings. The van der Waals surface area contributed by atoms with Gasteiger partial charge >= 0.3 is 6.09 Å². The van der Waals surface area contributed by atoms with E-state index in [0.29, 0.717) is 11.8 Å². The number of likely N-dealkylation sites (tertiary alicyclic amines) is 1. The van der Waals surface area contributed by atoms with Gasteiger partial charge < -0.3 is 15.0 Å². The summed E-state index contributed by atoms with van der Waals surface area (Å²) < 4.78 is 60.1. The van der Waals surface area contributed by atoms with Crippen LogP contribution >= 0.6 is 0 Å². The summed E-state index contributed by atoms with van der Waals surface area (Å²) in [5, 5.41) is 11.5. The maximum absolute atomic E-state index is 14.5. The lowest BCUT2D eigenvalue weighted by Gasteiger charge is -2.37. The minimum absolute atomic E-state index is 0.0366. The molecular weight excluding hydrogens is 472 g/mol. The molecule has 0 bridgehead atoms. The second-order valence-corrected chi connectivity index (χ2v) is 9.20. The number of hydrogen-bond donors (Lipinski definition) is 2. The molecule has 1 saturated heterocycles. The lowest BCUT2D eigenvalue weighted by molar-refractivity contribution is -0.102. The fraction of sp³-hybridized carbons (Fsp3) is 0.429. The molecule has 1 amide bonds. The second kappa shape index (κ2) is 11.7. The number of aryl methyl sites for hydroxylation is 1. The molecule has 1 unspecified atom stereocenters. The number of aromatic nitrogens is 2. The molecule has 13 heteroatoms. The Labute approximate surface area is 196 Å². The molecule has 1 aliphatic heterocycles. The number of piperidine rings is 1. The Morgan fingerprint density at radius 3 is 2.44 bits per heavy atom. The second-order valence-electron chi connectivity index (χ2n) is 7.73. The number of nitriles is 1. The van der Waals surface area contributed by atoms with Crippen LogP contribution < -0.4 is 5.32 Å².